The third-order valence-electron chi connectivity index (χ3n) is 5.09. The minimum Gasteiger partial charge on any atom is -0.427 e. The quantitative estimate of drug-likeness (QED) is 0.130. The average Bonchev–Trinajstić information content (AvgIpc) is 2.68. The molecule has 0 fully saturated rings. The van der Waals surface area contributed by atoms with Crippen molar-refractivity contribution in [2.75, 3.05) is 0 Å². The van der Waals surface area contributed by atoms with Crippen LogP contribution in [0.3, 0.4) is 0 Å². The van der Waals surface area contributed by atoms with Crippen molar-refractivity contribution in [3.05, 3.63) is 24.3 Å². The van der Waals surface area contributed by atoms with E-state index < -0.39 is 10.1 Å². The Balaban J connectivity index is 1.95. The molecule has 0 aliphatic carbocycles. The average molecular weight is 427 g/mol. The second kappa shape index (κ2) is 15.4. The maximum atomic E-state index is 11.8. The molecule has 0 spiro atoms. The maximum absolute atomic E-state index is 11.8. The molecule has 6 heteroatoms. The molecule has 166 valence electrons. The van der Waals surface area contributed by atoms with Crippen molar-refractivity contribution in [2.45, 2.75) is 108 Å². The van der Waals surface area contributed by atoms with Gasteiger partial charge in [0.05, 0.1) is 4.90 Å². The molecular weight excluding hydrogens is 388 g/mol. The molecule has 0 saturated heterocycles. The summed E-state index contributed by atoms with van der Waals surface area (Å²) in [7, 11) is -4.23. The Morgan fingerprint density at radius 2 is 1.17 bits per heavy atom. The number of carbonyl (C=O) groups excluding carboxylic acids is 1. The van der Waals surface area contributed by atoms with Crippen molar-refractivity contribution in [3.63, 3.8) is 0 Å². The molecule has 0 aliphatic rings. The first-order valence-electron chi connectivity index (χ1n) is 11.2. The molecular formula is C23H38O5S. The zero-order chi connectivity index (χ0) is 21.4. The van der Waals surface area contributed by atoms with Gasteiger partial charge < -0.3 is 4.74 Å². The van der Waals surface area contributed by atoms with E-state index in [-0.39, 0.29) is 16.6 Å². The topological polar surface area (TPSA) is 80.7 Å². The zero-order valence-corrected chi connectivity index (χ0v) is 18.7. The van der Waals surface area contributed by atoms with Crippen LogP contribution in [0.25, 0.3) is 0 Å². The Hall–Kier alpha value is -1.40. The van der Waals surface area contributed by atoms with Crippen LogP contribution in [0, 0.1) is 0 Å². The largest absolute Gasteiger partial charge is 0.427 e. The molecule has 0 heterocycles. The predicted molar refractivity (Wildman–Crippen MR) is 117 cm³/mol. The van der Waals surface area contributed by atoms with Gasteiger partial charge in [0.1, 0.15) is 5.75 Å². The fourth-order valence-electron chi connectivity index (χ4n) is 3.33. The first kappa shape index (κ1) is 25.6. The molecule has 0 saturated carbocycles. The predicted octanol–water partition coefficient (Wildman–Crippen LogP) is 6.71. The van der Waals surface area contributed by atoms with Gasteiger partial charge >= 0.3 is 5.97 Å². The van der Waals surface area contributed by atoms with Crippen molar-refractivity contribution < 1.29 is 22.5 Å². The van der Waals surface area contributed by atoms with Gasteiger partial charge in [-0.25, -0.2) is 0 Å². The highest BCUT2D eigenvalue weighted by molar-refractivity contribution is 7.85. The van der Waals surface area contributed by atoms with Crippen molar-refractivity contribution in [2.24, 2.45) is 0 Å². The van der Waals surface area contributed by atoms with Crippen molar-refractivity contribution >= 4 is 16.1 Å². The summed E-state index contributed by atoms with van der Waals surface area (Å²) in [6.45, 7) is 2.25. The van der Waals surface area contributed by atoms with E-state index in [2.05, 4.69) is 6.92 Å². The summed E-state index contributed by atoms with van der Waals surface area (Å²) in [5.41, 5.74) is 0. The number of benzene rings is 1. The monoisotopic (exact) mass is 426 g/mol. The summed E-state index contributed by atoms with van der Waals surface area (Å²) in [6.07, 6.45) is 18.1. The molecule has 1 aromatic rings. The molecule has 29 heavy (non-hydrogen) atoms. The van der Waals surface area contributed by atoms with Crippen molar-refractivity contribution in [1.29, 1.82) is 0 Å². The molecule has 1 N–H and O–H groups in total. The fourth-order valence-corrected chi connectivity index (χ4v) is 3.81. The molecule has 0 aliphatic heterocycles. The Labute approximate surface area is 177 Å². The summed E-state index contributed by atoms with van der Waals surface area (Å²) < 4.78 is 36.0. The van der Waals surface area contributed by atoms with Crippen LogP contribution in [0.5, 0.6) is 5.75 Å². The summed E-state index contributed by atoms with van der Waals surface area (Å²) in [5.74, 6) is -0.0312. The van der Waals surface area contributed by atoms with Crippen LogP contribution in [0.15, 0.2) is 29.2 Å². The van der Waals surface area contributed by atoms with Gasteiger partial charge in [-0.1, -0.05) is 90.4 Å². The van der Waals surface area contributed by atoms with Gasteiger partial charge in [-0.05, 0) is 30.7 Å². The molecule has 5 nitrogen and oxygen atoms in total. The van der Waals surface area contributed by atoms with Gasteiger partial charge in [-0.2, -0.15) is 8.42 Å². The molecule has 0 aromatic heterocycles. The first-order chi connectivity index (χ1) is 13.9. The Bertz CT molecular complexity index is 652. The van der Waals surface area contributed by atoms with Crippen molar-refractivity contribution in [3.8, 4) is 5.75 Å². The summed E-state index contributed by atoms with van der Waals surface area (Å²) in [4.78, 5) is 11.6. The van der Waals surface area contributed by atoms with E-state index in [4.69, 9.17) is 9.29 Å². The molecule has 0 atom stereocenters. The number of esters is 1. The number of rotatable bonds is 17. The first-order valence-corrected chi connectivity index (χ1v) is 12.7. The molecule has 1 rings (SSSR count). The van der Waals surface area contributed by atoms with Gasteiger partial charge in [0.25, 0.3) is 10.1 Å². The van der Waals surface area contributed by atoms with E-state index in [1.165, 1.54) is 94.9 Å². The number of unbranched alkanes of at least 4 members (excludes halogenated alkanes) is 13. The summed E-state index contributed by atoms with van der Waals surface area (Å²) >= 11 is 0. The lowest BCUT2D eigenvalue weighted by Crippen LogP contribution is -2.07. The van der Waals surface area contributed by atoms with E-state index in [1.807, 2.05) is 0 Å². The van der Waals surface area contributed by atoms with Crippen LogP contribution < -0.4 is 4.74 Å². The number of ether oxygens (including phenoxy) is 1. The van der Waals surface area contributed by atoms with Gasteiger partial charge in [-0.3, -0.25) is 9.35 Å². The van der Waals surface area contributed by atoms with Gasteiger partial charge in [-0.15, -0.1) is 0 Å². The standard InChI is InChI=1S/C23H38O5S/c1-2-3-4-5-6-7-8-9-10-11-12-13-14-15-16-23(24)28-21-17-19-22(20-18-21)29(25,26)27/h17-20H,2-16H2,1H3,(H,25,26,27). The highest BCUT2D eigenvalue weighted by Gasteiger charge is 2.10. The lowest BCUT2D eigenvalue weighted by Gasteiger charge is -2.05. The van der Waals surface area contributed by atoms with E-state index in [0.29, 0.717) is 6.42 Å². The SMILES string of the molecule is CCCCCCCCCCCCCCCCC(=O)Oc1ccc(S(=O)(=O)O)cc1. The summed E-state index contributed by atoms with van der Waals surface area (Å²) in [6, 6.07) is 5.16. The lowest BCUT2D eigenvalue weighted by molar-refractivity contribution is -0.134. The second-order valence-corrected chi connectivity index (χ2v) is 9.19. The van der Waals surface area contributed by atoms with Gasteiger partial charge in [0, 0.05) is 6.42 Å². The third kappa shape index (κ3) is 13.4. The number of hydrogen-bond acceptors (Lipinski definition) is 4. The number of carbonyl (C=O) groups is 1. The zero-order valence-electron chi connectivity index (χ0n) is 17.9. The second-order valence-electron chi connectivity index (χ2n) is 7.77. The highest BCUT2D eigenvalue weighted by atomic mass is 32.2. The Kier molecular flexibility index (Phi) is 13.7. The molecule has 0 bridgehead atoms. The number of hydrogen-bond donors (Lipinski definition) is 1. The van der Waals surface area contributed by atoms with Crippen LogP contribution in [0.4, 0.5) is 0 Å². The Morgan fingerprint density at radius 1 is 0.759 bits per heavy atom. The molecule has 0 unspecified atom stereocenters. The normalized spacial score (nSPS) is 11.5. The van der Waals surface area contributed by atoms with Gasteiger partial charge in [0.15, 0.2) is 0 Å². The summed E-state index contributed by atoms with van der Waals surface area (Å²) in [5, 5.41) is 0. The fraction of sp³-hybridized carbons (Fsp3) is 0.696. The molecule has 0 amide bonds. The van der Waals surface area contributed by atoms with Crippen LogP contribution >= 0.6 is 0 Å². The van der Waals surface area contributed by atoms with Crippen LogP contribution in [0.1, 0.15) is 103 Å². The van der Waals surface area contributed by atoms with Crippen LogP contribution in [-0.4, -0.2) is 18.9 Å². The molecule has 1 aromatic carbocycles. The van der Waals surface area contributed by atoms with Crippen LogP contribution in [0.2, 0.25) is 0 Å². The molecule has 0 radical (unpaired) electrons. The van der Waals surface area contributed by atoms with E-state index >= 15 is 0 Å². The lowest BCUT2D eigenvalue weighted by atomic mass is 10.0. The minimum atomic E-state index is -4.23. The van der Waals surface area contributed by atoms with E-state index in [0.717, 1.165) is 19.3 Å². The third-order valence-corrected chi connectivity index (χ3v) is 5.96. The highest BCUT2D eigenvalue weighted by Crippen LogP contribution is 2.17. The van der Waals surface area contributed by atoms with E-state index in [1.54, 1.807) is 0 Å². The van der Waals surface area contributed by atoms with Crippen LogP contribution in [-0.2, 0) is 14.9 Å². The smallest absolute Gasteiger partial charge is 0.311 e. The van der Waals surface area contributed by atoms with Gasteiger partial charge in [0.2, 0.25) is 0 Å². The van der Waals surface area contributed by atoms with Crippen molar-refractivity contribution in [1.82, 2.24) is 0 Å². The van der Waals surface area contributed by atoms with E-state index in [9.17, 15) is 13.2 Å². The Morgan fingerprint density at radius 3 is 1.59 bits per heavy atom. The maximum Gasteiger partial charge on any atom is 0.311 e. The minimum absolute atomic E-state index is 0.218.